The molecule has 1 heterocycles. The van der Waals surface area contributed by atoms with E-state index in [2.05, 4.69) is 17.2 Å². The zero-order valence-electron chi connectivity index (χ0n) is 15.2. The van der Waals surface area contributed by atoms with E-state index in [1.54, 1.807) is 7.11 Å². The summed E-state index contributed by atoms with van der Waals surface area (Å²) in [4.78, 5) is 15.4. The van der Waals surface area contributed by atoms with Gasteiger partial charge in [0.25, 0.3) is 5.91 Å². The number of ether oxygens (including phenoxy) is 2. The number of rotatable bonds is 8. The summed E-state index contributed by atoms with van der Waals surface area (Å²) in [6.07, 6.45) is 1.75. The summed E-state index contributed by atoms with van der Waals surface area (Å²) < 4.78 is 10.9. The summed E-state index contributed by atoms with van der Waals surface area (Å²) in [5.41, 5.74) is 2.67. The Labute approximate surface area is 153 Å². The molecule has 0 spiro atoms. The molecule has 1 aromatic heterocycles. The van der Waals surface area contributed by atoms with Crippen molar-refractivity contribution in [2.75, 3.05) is 20.3 Å². The molecule has 1 amide bonds. The van der Waals surface area contributed by atoms with Gasteiger partial charge >= 0.3 is 0 Å². The van der Waals surface area contributed by atoms with E-state index in [0.717, 1.165) is 35.2 Å². The predicted octanol–water partition coefficient (Wildman–Crippen LogP) is 4.07. The lowest BCUT2D eigenvalue weighted by molar-refractivity contribution is 0.0948. The first kappa shape index (κ1) is 17.9. The number of hydrogen-bond acceptors (Lipinski definition) is 3. The minimum Gasteiger partial charge on any atom is -0.497 e. The maximum atomic E-state index is 12.2. The van der Waals surface area contributed by atoms with E-state index in [0.29, 0.717) is 18.8 Å². The second kappa shape index (κ2) is 8.43. The second-order valence-corrected chi connectivity index (χ2v) is 6.26. The van der Waals surface area contributed by atoms with Crippen LogP contribution in [0.3, 0.4) is 0 Å². The number of carbonyl (C=O) groups excluding carboxylic acids is 1. The van der Waals surface area contributed by atoms with Gasteiger partial charge in [-0.25, -0.2) is 0 Å². The third-order valence-corrected chi connectivity index (χ3v) is 4.22. The van der Waals surface area contributed by atoms with E-state index in [4.69, 9.17) is 9.47 Å². The Morgan fingerprint density at radius 2 is 1.81 bits per heavy atom. The van der Waals surface area contributed by atoms with Crippen molar-refractivity contribution in [1.29, 1.82) is 0 Å². The Morgan fingerprint density at radius 1 is 1.04 bits per heavy atom. The van der Waals surface area contributed by atoms with E-state index in [1.807, 2.05) is 48.5 Å². The van der Waals surface area contributed by atoms with Gasteiger partial charge in [-0.15, -0.1) is 0 Å². The van der Waals surface area contributed by atoms with Gasteiger partial charge in [-0.1, -0.05) is 17.7 Å². The normalized spacial score (nSPS) is 10.7. The monoisotopic (exact) mass is 352 g/mol. The Balaban J connectivity index is 1.40. The summed E-state index contributed by atoms with van der Waals surface area (Å²) in [5.74, 6) is 1.55. The number of fused-ring (bicyclic) bond motifs is 1. The molecule has 0 saturated carbocycles. The standard InChI is InChI=1S/C21H24N2O3/c1-15-5-8-17(9-6-15)26-12-4-3-11-22-21(24)20-13-16-7-10-18(25-2)14-19(16)23-20/h5-10,13-14,23H,3-4,11-12H2,1-2H3,(H,22,24). The van der Waals surface area contributed by atoms with Gasteiger partial charge in [-0.05, 0) is 50.1 Å². The number of aromatic amines is 1. The minimum absolute atomic E-state index is 0.0976. The lowest BCUT2D eigenvalue weighted by Crippen LogP contribution is -2.25. The molecule has 0 saturated heterocycles. The topological polar surface area (TPSA) is 63.4 Å². The number of benzene rings is 2. The lowest BCUT2D eigenvalue weighted by atomic mass is 10.2. The first-order chi connectivity index (χ1) is 12.7. The molecule has 136 valence electrons. The van der Waals surface area contributed by atoms with Crippen LogP contribution in [-0.4, -0.2) is 31.2 Å². The van der Waals surface area contributed by atoms with Gasteiger partial charge in [0.1, 0.15) is 17.2 Å². The number of methoxy groups -OCH3 is 1. The zero-order chi connectivity index (χ0) is 18.4. The smallest absolute Gasteiger partial charge is 0.267 e. The molecule has 26 heavy (non-hydrogen) atoms. The molecule has 0 bridgehead atoms. The van der Waals surface area contributed by atoms with Crippen LogP contribution in [0.2, 0.25) is 0 Å². The Morgan fingerprint density at radius 3 is 2.58 bits per heavy atom. The number of unbranched alkanes of at least 4 members (excludes halogenated alkanes) is 1. The summed E-state index contributed by atoms with van der Waals surface area (Å²) in [6.45, 7) is 3.32. The van der Waals surface area contributed by atoms with Crippen molar-refractivity contribution in [3.8, 4) is 11.5 Å². The van der Waals surface area contributed by atoms with Crippen LogP contribution in [-0.2, 0) is 0 Å². The molecule has 0 unspecified atom stereocenters. The van der Waals surface area contributed by atoms with Crippen molar-refractivity contribution >= 4 is 16.8 Å². The largest absolute Gasteiger partial charge is 0.497 e. The highest BCUT2D eigenvalue weighted by Crippen LogP contribution is 2.21. The van der Waals surface area contributed by atoms with Crippen molar-refractivity contribution in [2.45, 2.75) is 19.8 Å². The summed E-state index contributed by atoms with van der Waals surface area (Å²) in [7, 11) is 1.63. The molecular formula is C21H24N2O3. The number of hydrogen-bond donors (Lipinski definition) is 2. The third-order valence-electron chi connectivity index (χ3n) is 4.22. The molecule has 3 rings (SSSR count). The van der Waals surface area contributed by atoms with Crippen LogP contribution in [0.4, 0.5) is 0 Å². The Hall–Kier alpha value is -2.95. The average Bonchev–Trinajstić information content (AvgIpc) is 3.09. The maximum absolute atomic E-state index is 12.2. The van der Waals surface area contributed by atoms with E-state index >= 15 is 0 Å². The van der Waals surface area contributed by atoms with Crippen LogP contribution in [0.25, 0.3) is 10.9 Å². The molecule has 0 fully saturated rings. The Kier molecular flexibility index (Phi) is 5.79. The fraction of sp³-hybridized carbons (Fsp3) is 0.286. The van der Waals surface area contributed by atoms with Crippen molar-refractivity contribution < 1.29 is 14.3 Å². The van der Waals surface area contributed by atoms with Crippen LogP contribution in [0.15, 0.2) is 48.5 Å². The highest BCUT2D eigenvalue weighted by atomic mass is 16.5. The number of H-pyrrole nitrogens is 1. The van der Waals surface area contributed by atoms with Gasteiger partial charge in [0, 0.05) is 23.5 Å². The fourth-order valence-corrected chi connectivity index (χ4v) is 2.70. The minimum atomic E-state index is -0.0976. The molecule has 2 aromatic carbocycles. The number of aryl methyl sites for hydroxylation is 1. The van der Waals surface area contributed by atoms with Gasteiger partial charge in [0.15, 0.2) is 0 Å². The van der Waals surface area contributed by atoms with Gasteiger partial charge < -0.3 is 19.8 Å². The SMILES string of the molecule is COc1ccc2cc(C(=O)NCCCCOc3ccc(C)cc3)[nH]c2c1. The van der Waals surface area contributed by atoms with Crippen molar-refractivity contribution in [3.63, 3.8) is 0 Å². The van der Waals surface area contributed by atoms with Gasteiger partial charge in [-0.3, -0.25) is 4.79 Å². The molecule has 0 radical (unpaired) electrons. The highest BCUT2D eigenvalue weighted by Gasteiger charge is 2.09. The van der Waals surface area contributed by atoms with Crippen LogP contribution in [0.1, 0.15) is 28.9 Å². The fourth-order valence-electron chi connectivity index (χ4n) is 2.70. The number of amides is 1. The summed E-state index contributed by atoms with van der Waals surface area (Å²) in [6, 6.07) is 15.6. The summed E-state index contributed by atoms with van der Waals surface area (Å²) in [5, 5.41) is 3.93. The van der Waals surface area contributed by atoms with Crippen LogP contribution in [0, 0.1) is 6.92 Å². The highest BCUT2D eigenvalue weighted by molar-refractivity contribution is 5.98. The van der Waals surface area contributed by atoms with Crippen molar-refractivity contribution in [1.82, 2.24) is 10.3 Å². The van der Waals surface area contributed by atoms with E-state index in [9.17, 15) is 4.79 Å². The second-order valence-electron chi connectivity index (χ2n) is 6.26. The van der Waals surface area contributed by atoms with Gasteiger partial charge in [0.05, 0.1) is 13.7 Å². The lowest BCUT2D eigenvalue weighted by Gasteiger charge is -2.07. The van der Waals surface area contributed by atoms with E-state index < -0.39 is 0 Å². The zero-order valence-corrected chi connectivity index (χ0v) is 15.2. The van der Waals surface area contributed by atoms with E-state index in [-0.39, 0.29) is 5.91 Å². The van der Waals surface area contributed by atoms with Crippen LogP contribution in [0.5, 0.6) is 11.5 Å². The van der Waals surface area contributed by atoms with Crippen LogP contribution < -0.4 is 14.8 Å². The summed E-state index contributed by atoms with van der Waals surface area (Å²) >= 11 is 0. The third kappa shape index (κ3) is 4.57. The number of carbonyl (C=O) groups is 1. The quantitative estimate of drug-likeness (QED) is 0.601. The molecule has 0 aliphatic carbocycles. The van der Waals surface area contributed by atoms with Crippen molar-refractivity contribution in [2.24, 2.45) is 0 Å². The van der Waals surface area contributed by atoms with Gasteiger partial charge in [-0.2, -0.15) is 0 Å². The molecule has 5 heteroatoms. The van der Waals surface area contributed by atoms with Crippen LogP contribution >= 0.6 is 0 Å². The molecule has 0 aliphatic heterocycles. The molecule has 2 N–H and O–H groups in total. The first-order valence-electron chi connectivity index (χ1n) is 8.80. The molecular weight excluding hydrogens is 328 g/mol. The average molecular weight is 352 g/mol. The molecule has 0 aliphatic rings. The van der Waals surface area contributed by atoms with Crippen molar-refractivity contribution in [3.05, 3.63) is 59.8 Å². The number of nitrogens with one attached hydrogen (secondary N) is 2. The van der Waals surface area contributed by atoms with Gasteiger partial charge in [0.2, 0.25) is 0 Å². The molecule has 0 atom stereocenters. The maximum Gasteiger partial charge on any atom is 0.267 e. The molecule has 3 aromatic rings. The predicted molar refractivity (Wildman–Crippen MR) is 103 cm³/mol. The Bertz CT molecular complexity index is 869. The van der Waals surface area contributed by atoms with E-state index in [1.165, 1.54) is 5.56 Å². The number of aromatic nitrogens is 1. The first-order valence-corrected chi connectivity index (χ1v) is 8.80. The molecule has 5 nitrogen and oxygen atoms in total.